The van der Waals surface area contributed by atoms with Gasteiger partial charge < -0.3 is 10.5 Å². The number of ether oxygens (including phenoxy) is 1. The number of rotatable bonds is 5. The lowest BCUT2D eigenvalue weighted by atomic mass is 10.0. The van der Waals surface area contributed by atoms with Gasteiger partial charge in [-0.05, 0) is 60.5 Å². The van der Waals surface area contributed by atoms with E-state index in [1.165, 1.54) is 22.9 Å². The topological polar surface area (TPSA) is 83.0 Å². The number of nitrogens with zero attached hydrogens (tertiary/aromatic N) is 3. The monoisotopic (exact) mass is 408 g/mol. The average molecular weight is 408 g/mol. The van der Waals surface area contributed by atoms with E-state index in [0.717, 1.165) is 6.07 Å². The standard InChI is InChI=1S/C22H18F2N4O2/c1-30-17-6-4-16(5-7-17)28-21(27-20-18(22(28)29)3-2-8-26-20)19(25)11-13-9-14(23)12-15(24)10-13/h2-10,12,19H,11,25H2,1H3/t19-/m0/s1. The Hall–Kier alpha value is -3.65. The van der Waals surface area contributed by atoms with Crippen LogP contribution in [0.3, 0.4) is 0 Å². The minimum Gasteiger partial charge on any atom is -0.497 e. The summed E-state index contributed by atoms with van der Waals surface area (Å²) in [6, 6.07) is 12.5. The highest BCUT2D eigenvalue weighted by atomic mass is 19.1. The van der Waals surface area contributed by atoms with Crippen molar-refractivity contribution in [1.29, 1.82) is 0 Å². The maximum absolute atomic E-state index is 13.6. The SMILES string of the molecule is COc1ccc(-n2c([C@@H](N)Cc3cc(F)cc(F)c3)nc3ncccc3c2=O)cc1. The third-order valence-corrected chi connectivity index (χ3v) is 4.71. The Labute approximate surface area is 170 Å². The Balaban J connectivity index is 1.87. The van der Waals surface area contributed by atoms with Crippen LogP contribution < -0.4 is 16.0 Å². The Morgan fingerprint density at radius 3 is 2.47 bits per heavy atom. The summed E-state index contributed by atoms with van der Waals surface area (Å²) in [5.74, 6) is -0.528. The molecular formula is C22H18F2N4O2. The van der Waals surface area contributed by atoms with Crippen molar-refractivity contribution >= 4 is 11.0 Å². The van der Waals surface area contributed by atoms with Crippen molar-refractivity contribution in [3.8, 4) is 11.4 Å². The fraction of sp³-hybridized carbons (Fsp3) is 0.136. The van der Waals surface area contributed by atoms with Crippen LogP contribution in [0.15, 0.2) is 65.6 Å². The van der Waals surface area contributed by atoms with Crippen molar-refractivity contribution in [1.82, 2.24) is 14.5 Å². The Bertz CT molecular complexity index is 1250. The molecule has 0 unspecified atom stereocenters. The molecule has 0 bridgehead atoms. The molecule has 0 amide bonds. The molecule has 2 aromatic carbocycles. The molecule has 8 heteroatoms. The highest BCUT2D eigenvalue weighted by Crippen LogP contribution is 2.21. The van der Waals surface area contributed by atoms with Crippen LogP contribution >= 0.6 is 0 Å². The first-order chi connectivity index (χ1) is 14.5. The summed E-state index contributed by atoms with van der Waals surface area (Å²) in [6.07, 6.45) is 1.61. The maximum Gasteiger partial charge on any atom is 0.267 e. The quantitative estimate of drug-likeness (QED) is 0.548. The first kappa shape index (κ1) is 19.7. The van der Waals surface area contributed by atoms with Gasteiger partial charge in [-0.3, -0.25) is 9.36 Å². The average Bonchev–Trinajstić information content (AvgIpc) is 2.73. The summed E-state index contributed by atoms with van der Waals surface area (Å²) < 4.78 is 33.8. The van der Waals surface area contributed by atoms with E-state index < -0.39 is 17.7 Å². The number of pyridine rings is 1. The molecule has 0 aliphatic heterocycles. The number of benzene rings is 2. The number of nitrogens with two attached hydrogens (primary N) is 1. The second-order valence-electron chi connectivity index (χ2n) is 6.77. The molecule has 0 radical (unpaired) electrons. The minimum atomic E-state index is -0.813. The smallest absolute Gasteiger partial charge is 0.267 e. The Morgan fingerprint density at radius 1 is 1.10 bits per heavy atom. The minimum absolute atomic E-state index is 0.0790. The number of methoxy groups -OCH3 is 1. The zero-order valence-electron chi connectivity index (χ0n) is 16.0. The van der Waals surface area contributed by atoms with Gasteiger partial charge in [-0.15, -0.1) is 0 Å². The van der Waals surface area contributed by atoms with E-state index in [9.17, 15) is 13.6 Å². The predicted molar refractivity (Wildman–Crippen MR) is 109 cm³/mol. The number of hydrogen-bond acceptors (Lipinski definition) is 5. The van der Waals surface area contributed by atoms with Gasteiger partial charge in [-0.2, -0.15) is 0 Å². The molecule has 152 valence electrons. The van der Waals surface area contributed by atoms with Gasteiger partial charge in [0.05, 0.1) is 24.2 Å². The predicted octanol–water partition coefficient (Wildman–Crippen LogP) is 3.31. The number of aromatic nitrogens is 3. The van der Waals surface area contributed by atoms with Crippen LogP contribution in [0.5, 0.6) is 5.75 Å². The molecule has 2 aromatic heterocycles. The lowest BCUT2D eigenvalue weighted by Gasteiger charge is -2.18. The van der Waals surface area contributed by atoms with Crippen LogP contribution in [0.4, 0.5) is 8.78 Å². The van der Waals surface area contributed by atoms with Gasteiger partial charge in [-0.1, -0.05) is 0 Å². The van der Waals surface area contributed by atoms with E-state index in [1.54, 1.807) is 43.5 Å². The lowest BCUT2D eigenvalue weighted by Crippen LogP contribution is -2.29. The molecule has 0 saturated heterocycles. The Morgan fingerprint density at radius 2 is 1.80 bits per heavy atom. The number of fused-ring (bicyclic) bond motifs is 1. The van der Waals surface area contributed by atoms with Gasteiger partial charge in [-0.25, -0.2) is 18.7 Å². The summed E-state index contributed by atoms with van der Waals surface area (Å²) in [6.45, 7) is 0. The zero-order chi connectivity index (χ0) is 21.3. The van der Waals surface area contributed by atoms with Crippen LogP contribution in [0.25, 0.3) is 16.7 Å². The molecule has 6 nitrogen and oxygen atoms in total. The van der Waals surface area contributed by atoms with Crippen LogP contribution in [-0.4, -0.2) is 21.6 Å². The first-order valence-corrected chi connectivity index (χ1v) is 9.19. The summed E-state index contributed by atoms with van der Waals surface area (Å²) in [4.78, 5) is 21.9. The van der Waals surface area contributed by atoms with E-state index in [4.69, 9.17) is 10.5 Å². The van der Waals surface area contributed by atoms with Gasteiger partial charge in [0.15, 0.2) is 5.65 Å². The first-order valence-electron chi connectivity index (χ1n) is 9.19. The fourth-order valence-corrected chi connectivity index (χ4v) is 3.34. The molecule has 2 N–H and O–H groups in total. The highest BCUT2D eigenvalue weighted by Gasteiger charge is 2.20. The molecule has 4 aromatic rings. The van der Waals surface area contributed by atoms with E-state index >= 15 is 0 Å². The van der Waals surface area contributed by atoms with Crippen molar-refractivity contribution < 1.29 is 13.5 Å². The largest absolute Gasteiger partial charge is 0.497 e. The second kappa shape index (κ2) is 8.00. The van der Waals surface area contributed by atoms with E-state index in [0.29, 0.717) is 22.4 Å². The Kier molecular flexibility index (Phi) is 5.24. The third kappa shape index (κ3) is 3.77. The molecule has 0 aliphatic carbocycles. The summed E-state index contributed by atoms with van der Waals surface area (Å²) in [5.41, 5.74) is 7.17. The van der Waals surface area contributed by atoms with Crippen LogP contribution in [0.1, 0.15) is 17.4 Å². The van der Waals surface area contributed by atoms with Crippen molar-refractivity contribution in [2.45, 2.75) is 12.5 Å². The van der Waals surface area contributed by atoms with E-state index in [1.807, 2.05) is 0 Å². The van der Waals surface area contributed by atoms with Crippen molar-refractivity contribution in [3.63, 3.8) is 0 Å². The molecule has 2 heterocycles. The van der Waals surface area contributed by atoms with Crippen molar-refractivity contribution in [2.75, 3.05) is 7.11 Å². The molecule has 30 heavy (non-hydrogen) atoms. The lowest BCUT2D eigenvalue weighted by molar-refractivity contribution is 0.414. The van der Waals surface area contributed by atoms with E-state index in [-0.39, 0.29) is 23.5 Å². The fourth-order valence-electron chi connectivity index (χ4n) is 3.34. The van der Waals surface area contributed by atoms with Gasteiger partial charge in [0.2, 0.25) is 0 Å². The van der Waals surface area contributed by atoms with Gasteiger partial charge in [0.1, 0.15) is 23.2 Å². The van der Waals surface area contributed by atoms with Crippen molar-refractivity contribution in [2.24, 2.45) is 5.73 Å². The molecular weight excluding hydrogens is 390 g/mol. The third-order valence-electron chi connectivity index (χ3n) is 4.71. The molecule has 0 aliphatic rings. The summed E-state index contributed by atoms with van der Waals surface area (Å²) in [7, 11) is 1.55. The molecule has 4 rings (SSSR count). The number of halogens is 2. The van der Waals surface area contributed by atoms with Crippen LogP contribution in [-0.2, 0) is 6.42 Å². The highest BCUT2D eigenvalue weighted by molar-refractivity contribution is 5.73. The number of hydrogen-bond donors (Lipinski definition) is 1. The summed E-state index contributed by atoms with van der Waals surface area (Å²) in [5, 5.41) is 0.334. The van der Waals surface area contributed by atoms with Crippen molar-refractivity contribution in [3.05, 3.63) is 94.2 Å². The van der Waals surface area contributed by atoms with Gasteiger partial charge in [0, 0.05) is 12.3 Å². The molecule has 0 saturated carbocycles. The van der Waals surface area contributed by atoms with Gasteiger partial charge in [0.25, 0.3) is 5.56 Å². The normalized spacial score (nSPS) is 12.1. The van der Waals surface area contributed by atoms with Crippen LogP contribution in [0.2, 0.25) is 0 Å². The zero-order valence-corrected chi connectivity index (χ0v) is 16.0. The second-order valence-corrected chi connectivity index (χ2v) is 6.77. The molecule has 1 atom stereocenters. The molecule has 0 spiro atoms. The molecule has 0 fully saturated rings. The maximum atomic E-state index is 13.6. The van der Waals surface area contributed by atoms with Crippen LogP contribution in [0, 0.1) is 11.6 Å². The van der Waals surface area contributed by atoms with Gasteiger partial charge >= 0.3 is 0 Å². The summed E-state index contributed by atoms with van der Waals surface area (Å²) >= 11 is 0. The van der Waals surface area contributed by atoms with E-state index in [2.05, 4.69) is 9.97 Å².